The van der Waals surface area contributed by atoms with Crippen molar-refractivity contribution in [3.63, 3.8) is 0 Å². The fraction of sp³-hybridized carbons (Fsp3) is 1.00. The van der Waals surface area contributed by atoms with Gasteiger partial charge in [0.15, 0.2) is 8.32 Å². The molecule has 25 heavy (non-hydrogen) atoms. The number of hydrogen-bond acceptors (Lipinski definition) is 4. The van der Waals surface area contributed by atoms with Crippen molar-refractivity contribution in [2.45, 2.75) is 57.7 Å². The highest BCUT2D eigenvalue weighted by Crippen LogP contribution is 2.40. The van der Waals surface area contributed by atoms with Gasteiger partial charge in [0.25, 0.3) is 0 Å². The highest BCUT2D eigenvalue weighted by atomic mass is 28.4. The molecule has 0 radical (unpaired) electrons. The Bertz CT molecular complexity index is 291. The predicted octanol–water partition coefficient (Wildman–Crippen LogP) is 3.85. The van der Waals surface area contributed by atoms with Crippen LogP contribution in [0.3, 0.4) is 0 Å². The van der Waals surface area contributed by atoms with Crippen LogP contribution >= 0.6 is 0 Å². The van der Waals surface area contributed by atoms with E-state index in [0.29, 0.717) is 5.41 Å². The van der Waals surface area contributed by atoms with Crippen molar-refractivity contribution in [3.05, 3.63) is 0 Å². The van der Waals surface area contributed by atoms with Crippen LogP contribution in [0.25, 0.3) is 0 Å². The van der Waals surface area contributed by atoms with Crippen molar-refractivity contribution >= 4 is 8.32 Å². The summed E-state index contributed by atoms with van der Waals surface area (Å²) in [5.41, 5.74) is 0.430. The Hall–Kier alpha value is 0.0569. The zero-order valence-electron chi connectivity index (χ0n) is 18.8. The molecule has 0 atom stereocenters. The molecule has 0 unspecified atom stereocenters. The lowest BCUT2D eigenvalue weighted by Gasteiger charge is -2.40. The van der Waals surface area contributed by atoms with E-state index in [4.69, 9.17) is 4.43 Å². The SMILES string of the molecule is CC[Si](CC)(CCC(CCN(C)C)(CCN(C)C)CCN(C)C)OC. The largest absolute Gasteiger partial charge is 0.420 e. The number of rotatable bonds is 15. The van der Waals surface area contributed by atoms with Crippen molar-refractivity contribution in [2.24, 2.45) is 5.41 Å². The van der Waals surface area contributed by atoms with Crippen molar-refractivity contribution < 1.29 is 4.43 Å². The van der Waals surface area contributed by atoms with Crippen LogP contribution in [0, 0.1) is 5.41 Å². The van der Waals surface area contributed by atoms with Gasteiger partial charge in [0.1, 0.15) is 0 Å². The molecule has 0 amide bonds. The van der Waals surface area contributed by atoms with Gasteiger partial charge in [-0.2, -0.15) is 0 Å². The van der Waals surface area contributed by atoms with Gasteiger partial charge < -0.3 is 19.1 Å². The summed E-state index contributed by atoms with van der Waals surface area (Å²) in [6.07, 6.45) is 5.21. The molecule has 0 aromatic heterocycles. The average molecular weight is 374 g/mol. The lowest BCUT2D eigenvalue weighted by atomic mass is 9.75. The molecule has 0 aliphatic rings. The van der Waals surface area contributed by atoms with Crippen molar-refractivity contribution in [2.75, 3.05) is 69.0 Å². The maximum atomic E-state index is 6.12. The second kappa shape index (κ2) is 12.4. The molecule has 152 valence electrons. The normalized spacial score (nSPS) is 13.4. The fourth-order valence-electron chi connectivity index (χ4n) is 3.62. The molecule has 0 heterocycles. The number of nitrogens with zero attached hydrogens (tertiary/aromatic N) is 3. The van der Waals surface area contributed by atoms with Crippen LogP contribution in [0.5, 0.6) is 0 Å². The standard InChI is InChI=1S/C20H47N3OSi/c1-10-25(11-2,24-9)19-15-20(12-16-21(3)4,13-17-22(5)6)14-18-23(7)8/h10-19H2,1-9H3. The van der Waals surface area contributed by atoms with E-state index in [-0.39, 0.29) is 0 Å². The molecule has 0 saturated heterocycles. The van der Waals surface area contributed by atoms with Gasteiger partial charge in [0, 0.05) is 7.11 Å². The smallest absolute Gasteiger partial charge is 0.191 e. The van der Waals surface area contributed by atoms with Gasteiger partial charge in [-0.15, -0.1) is 0 Å². The van der Waals surface area contributed by atoms with Crippen molar-refractivity contribution in [1.29, 1.82) is 0 Å². The van der Waals surface area contributed by atoms with Gasteiger partial charge in [-0.25, -0.2) is 0 Å². The molecule has 0 fully saturated rings. The molecule has 4 nitrogen and oxygen atoms in total. The van der Waals surface area contributed by atoms with E-state index in [1.165, 1.54) is 63.4 Å². The van der Waals surface area contributed by atoms with E-state index in [0.717, 1.165) is 0 Å². The van der Waals surface area contributed by atoms with Crippen LogP contribution < -0.4 is 0 Å². The average Bonchev–Trinajstić information content (AvgIpc) is 2.57. The van der Waals surface area contributed by atoms with E-state index in [1.54, 1.807) is 0 Å². The molecule has 0 aliphatic carbocycles. The van der Waals surface area contributed by atoms with Gasteiger partial charge in [-0.1, -0.05) is 13.8 Å². The minimum Gasteiger partial charge on any atom is -0.420 e. The Morgan fingerprint density at radius 1 is 0.680 bits per heavy atom. The van der Waals surface area contributed by atoms with Gasteiger partial charge in [0.2, 0.25) is 0 Å². The molecule has 0 spiro atoms. The van der Waals surface area contributed by atoms with Crippen LogP contribution in [0.1, 0.15) is 39.5 Å². The highest BCUT2D eigenvalue weighted by Gasteiger charge is 2.36. The Morgan fingerprint density at radius 3 is 1.28 bits per heavy atom. The maximum Gasteiger partial charge on any atom is 0.191 e. The summed E-state index contributed by atoms with van der Waals surface area (Å²) in [6.45, 7) is 8.21. The third kappa shape index (κ3) is 10.1. The summed E-state index contributed by atoms with van der Waals surface area (Å²) >= 11 is 0. The summed E-state index contributed by atoms with van der Waals surface area (Å²) in [5.74, 6) is 0. The summed E-state index contributed by atoms with van der Waals surface area (Å²) < 4.78 is 6.12. The molecule has 0 aromatic carbocycles. The second-order valence-corrected chi connectivity index (χ2v) is 13.4. The molecule has 5 heteroatoms. The number of hydrogen-bond donors (Lipinski definition) is 0. The first-order valence-corrected chi connectivity index (χ1v) is 12.7. The Labute approximate surface area is 160 Å². The van der Waals surface area contributed by atoms with Crippen LogP contribution in [0.4, 0.5) is 0 Å². The molecular weight excluding hydrogens is 326 g/mol. The van der Waals surface area contributed by atoms with Crippen molar-refractivity contribution in [3.8, 4) is 0 Å². The minimum atomic E-state index is -1.54. The summed E-state index contributed by atoms with van der Waals surface area (Å²) in [6, 6.07) is 3.79. The van der Waals surface area contributed by atoms with Crippen LogP contribution in [0.2, 0.25) is 18.1 Å². The van der Waals surface area contributed by atoms with E-state index < -0.39 is 8.32 Å². The van der Waals surface area contributed by atoms with Gasteiger partial charge >= 0.3 is 0 Å². The summed E-state index contributed by atoms with van der Waals surface area (Å²) in [4.78, 5) is 7.04. The van der Waals surface area contributed by atoms with Crippen LogP contribution in [-0.2, 0) is 4.43 Å². The quantitative estimate of drug-likeness (QED) is 0.406. The van der Waals surface area contributed by atoms with Gasteiger partial charge in [-0.3, -0.25) is 0 Å². The monoisotopic (exact) mass is 373 g/mol. The van der Waals surface area contributed by atoms with Crippen LogP contribution in [0.15, 0.2) is 0 Å². The minimum absolute atomic E-state index is 0.430. The first-order chi connectivity index (χ1) is 11.6. The maximum absolute atomic E-state index is 6.12. The van der Waals surface area contributed by atoms with Gasteiger partial charge in [0.05, 0.1) is 0 Å². The lowest BCUT2D eigenvalue weighted by Crippen LogP contribution is -2.39. The molecule has 0 N–H and O–H groups in total. The molecule has 0 bridgehead atoms. The molecular formula is C20H47N3OSi. The highest BCUT2D eigenvalue weighted by molar-refractivity contribution is 6.73. The third-order valence-electron chi connectivity index (χ3n) is 6.10. The first-order valence-electron chi connectivity index (χ1n) is 10.1. The predicted molar refractivity (Wildman–Crippen MR) is 115 cm³/mol. The zero-order valence-corrected chi connectivity index (χ0v) is 19.8. The lowest BCUT2D eigenvalue weighted by molar-refractivity contribution is 0.147. The topological polar surface area (TPSA) is 19.0 Å². The Kier molecular flexibility index (Phi) is 12.5. The summed E-state index contributed by atoms with van der Waals surface area (Å²) in [7, 11) is 13.6. The van der Waals surface area contributed by atoms with E-state index in [1.807, 2.05) is 7.11 Å². The zero-order chi connectivity index (χ0) is 19.5. The molecule has 0 rings (SSSR count). The Morgan fingerprint density at radius 2 is 1.04 bits per heavy atom. The van der Waals surface area contributed by atoms with E-state index >= 15 is 0 Å². The first kappa shape index (κ1) is 25.1. The van der Waals surface area contributed by atoms with Crippen LogP contribution in [-0.4, -0.2) is 92.0 Å². The Balaban J connectivity index is 5.29. The molecule has 0 aromatic rings. The third-order valence-corrected chi connectivity index (χ3v) is 10.7. The summed E-state index contributed by atoms with van der Waals surface area (Å²) in [5, 5.41) is 0. The van der Waals surface area contributed by atoms with Gasteiger partial charge in [-0.05, 0) is 111 Å². The van der Waals surface area contributed by atoms with E-state index in [9.17, 15) is 0 Å². The molecule has 0 aliphatic heterocycles. The van der Waals surface area contributed by atoms with Crippen molar-refractivity contribution in [1.82, 2.24) is 14.7 Å². The molecule has 0 saturated carbocycles. The second-order valence-electron chi connectivity index (χ2n) is 8.75. The van der Waals surface area contributed by atoms with E-state index in [2.05, 4.69) is 70.8 Å². The fourth-order valence-corrected chi connectivity index (χ4v) is 6.59.